The maximum Gasteiger partial charge on any atom is 0.282 e. The molecule has 2 rings (SSSR count). The van der Waals surface area contributed by atoms with Crippen LogP contribution in [0.25, 0.3) is 0 Å². The summed E-state index contributed by atoms with van der Waals surface area (Å²) in [5.41, 5.74) is 0.559. The summed E-state index contributed by atoms with van der Waals surface area (Å²) in [6, 6.07) is 0. The average molecular weight is 329 g/mol. The summed E-state index contributed by atoms with van der Waals surface area (Å²) < 4.78 is 1.80. The van der Waals surface area contributed by atoms with Crippen LogP contribution < -0.4 is 10.9 Å². The van der Waals surface area contributed by atoms with Crippen molar-refractivity contribution in [3.05, 3.63) is 37.6 Å². The Morgan fingerprint density at radius 1 is 1.61 bits per heavy atom. The number of aryl methyl sites for hydroxylation is 1. The zero-order chi connectivity index (χ0) is 13.1. The van der Waals surface area contributed by atoms with E-state index in [1.54, 1.807) is 30.8 Å². The van der Waals surface area contributed by atoms with Crippen LogP contribution in [0, 0.1) is 0 Å². The van der Waals surface area contributed by atoms with Crippen LogP contribution in [0.2, 0.25) is 0 Å². The van der Waals surface area contributed by atoms with Gasteiger partial charge in [0, 0.05) is 31.1 Å². The van der Waals surface area contributed by atoms with Crippen LogP contribution in [0.1, 0.15) is 17.8 Å². The molecule has 0 aliphatic heterocycles. The first-order valence-electron chi connectivity index (χ1n) is 5.44. The lowest BCUT2D eigenvalue weighted by molar-refractivity contribution is 0.701. The summed E-state index contributed by atoms with van der Waals surface area (Å²) in [7, 11) is 1.62. The molecule has 0 saturated heterocycles. The van der Waals surface area contributed by atoms with Crippen molar-refractivity contribution in [2.45, 2.75) is 12.8 Å². The van der Waals surface area contributed by atoms with Gasteiger partial charge in [-0.2, -0.15) is 5.10 Å². The standard InChI is InChI=1S/C11H13BrN4OS/c1-7(10-13-3-4-18-10)5-14-8-6-15-16(2)11(17)9(8)12/h3-4,6-7,14H,5H2,1-2H3. The Labute approximate surface area is 117 Å². The van der Waals surface area contributed by atoms with Gasteiger partial charge in [-0.15, -0.1) is 11.3 Å². The maximum atomic E-state index is 11.7. The predicted molar refractivity (Wildman–Crippen MR) is 76.2 cm³/mol. The second kappa shape index (κ2) is 5.62. The number of rotatable bonds is 4. The Morgan fingerprint density at radius 3 is 3.06 bits per heavy atom. The summed E-state index contributed by atoms with van der Waals surface area (Å²) in [6.07, 6.45) is 3.44. The SMILES string of the molecule is CC(CNc1cnn(C)c(=O)c1Br)c1nccs1. The largest absolute Gasteiger partial charge is 0.382 e. The van der Waals surface area contributed by atoms with Gasteiger partial charge in [-0.3, -0.25) is 4.79 Å². The first kappa shape index (κ1) is 13.2. The molecule has 0 spiro atoms. The van der Waals surface area contributed by atoms with E-state index in [-0.39, 0.29) is 5.56 Å². The lowest BCUT2D eigenvalue weighted by Crippen LogP contribution is -2.22. The highest BCUT2D eigenvalue weighted by atomic mass is 79.9. The minimum absolute atomic E-state index is 0.151. The van der Waals surface area contributed by atoms with Crippen LogP contribution >= 0.6 is 27.3 Å². The highest BCUT2D eigenvalue weighted by Gasteiger charge is 2.10. The molecule has 2 aromatic rings. The number of hydrogen-bond donors (Lipinski definition) is 1. The van der Waals surface area contributed by atoms with E-state index < -0.39 is 0 Å². The van der Waals surface area contributed by atoms with Crippen LogP contribution in [-0.2, 0) is 7.05 Å². The van der Waals surface area contributed by atoms with Crippen molar-refractivity contribution < 1.29 is 0 Å². The van der Waals surface area contributed by atoms with Gasteiger partial charge in [0.05, 0.1) is 16.9 Å². The molecule has 0 amide bonds. The minimum atomic E-state index is -0.151. The van der Waals surface area contributed by atoms with Crippen molar-refractivity contribution in [1.29, 1.82) is 0 Å². The number of hydrogen-bond acceptors (Lipinski definition) is 5. The molecular formula is C11H13BrN4OS. The van der Waals surface area contributed by atoms with Gasteiger partial charge >= 0.3 is 0 Å². The van der Waals surface area contributed by atoms with Crippen LogP contribution in [0.15, 0.2) is 27.0 Å². The minimum Gasteiger partial charge on any atom is -0.382 e. The fourth-order valence-corrected chi connectivity index (χ4v) is 2.66. The normalized spacial score (nSPS) is 12.4. The van der Waals surface area contributed by atoms with Crippen molar-refractivity contribution in [3.63, 3.8) is 0 Å². The van der Waals surface area contributed by atoms with Crippen LogP contribution in [0.3, 0.4) is 0 Å². The fourth-order valence-electron chi connectivity index (χ4n) is 1.46. The lowest BCUT2D eigenvalue weighted by atomic mass is 10.2. The molecule has 0 fully saturated rings. The number of nitrogens with zero attached hydrogens (tertiary/aromatic N) is 3. The van der Waals surface area contributed by atoms with Gasteiger partial charge in [-0.05, 0) is 15.9 Å². The van der Waals surface area contributed by atoms with Gasteiger partial charge in [-0.1, -0.05) is 6.92 Å². The van der Waals surface area contributed by atoms with Crippen LogP contribution in [0.4, 0.5) is 5.69 Å². The second-order valence-corrected chi connectivity index (χ2v) is 5.67. The van der Waals surface area contributed by atoms with Crippen molar-refractivity contribution in [3.8, 4) is 0 Å². The Morgan fingerprint density at radius 2 is 2.39 bits per heavy atom. The predicted octanol–water partition coefficient (Wildman–Crippen LogP) is 2.21. The molecule has 0 aliphatic rings. The Hall–Kier alpha value is -1.21. The molecule has 0 aromatic carbocycles. The molecule has 1 atom stereocenters. The first-order chi connectivity index (χ1) is 8.59. The summed E-state index contributed by atoms with van der Waals surface area (Å²) in [6.45, 7) is 2.80. The number of aromatic nitrogens is 3. The zero-order valence-corrected chi connectivity index (χ0v) is 12.5. The van der Waals surface area contributed by atoms with Crippen molar-refractivity contribution in [1.82, 2.24) is 14.8 Å². The van der Waals surface area contributed by atoms with Gasteiger partial charge in [0.25, 0.3) is 5.56 Å². The molecule has 5 nitrogen and oxygen atoms in total. The third-order valence-corrected chi connectivity index (χ3v) is 4.32. The highest BCUT2D eigenvalue weighted by Crippen LogP contribution is 2.20. The molecular weight excluding hydrogens is 316 g/mol. The van der Waals surface area contributed by atoms with Crippen LogP contribution in [0.5, 0.6) is 0 Å². The Bertz CT molecular complexity index is 581. The van der Waals surface area contributed by atoms with E-state index in [1.165, 1.54) is 4.68 Å². The highest BCUT2D eigenvalue weighted by molar-refractivity contribution is 9.10. The summed E-state index contributed by atoms with van der Waals surface area (Å²) in [5.74, 6) is 0.293. The summed E-state index contributed by atoms with van der Waals surface area (Å²) in [5, 5.41) is 10.2. The smallest absolute Gasteiger partial charge is 0.282 e. The van der Waals surface area contributed by atoms with E-state index >= 15 is 0 Å². The molecule has 0 radical (unpaired) electrons. The number of nitrogens with one attached hydrogen (secondary N) is 1. The monoisotopic (exact) mass is 328 g/mol. The molecule has 0 saturated carbocycles. The molecule has 18 heavy (non-hydrogen) atoms. The third-order valence-electron chi connectivity index (χ3n) is 2.55. The molecule has 1 N–H and O–H groups in total. The van der Waals surface area contributed by atoms with E-state index in [9.17, 15) is 4.79 Å². The Balaban J connectivity index is 2.07. The number of anilines is 1. The molecule has 0 bridgehead atoms. The van der Waals surface area contributed by atoms with E-state index in [0.717, 1.165) is 5.01 Å². The van der Waals surface area contributed by atoms with Crippen molar-refractivity contribution in [2.24, 2.45) is 7.05 Å². The maximum absolute atomic E-state index is 11.7. The quantitative estimate of drug-likeness (QED) is 0.934. The van der Waals surface area contributed by atoms with Gasteiger partial charge in [0.15, 0.2) is 0 Å². The lowest BCUT2D eigenvalue weighted by Gasteiger charge is -2.12. The first-order valence-corrected chi connectivity index (χ1v) is 7.12. The molecule has 2 aromatic heterocycles. The Kier molecular flexibility index (Phi) is 4.13. The van der Waals surface area contributed by atoms with Gasteiger partial charge in [0.2, 0.25) is 0 Å². The van der Waals surface area contributed by atoms with E-state index in [0.29, 0.717) is 22.6 Å². The molecule has 96 valence electrons. The van der Waals surface area contributed by atoms with E-state index in [1.807, 2.05) is 5.38 Å². The number of halogens is 1. The van der Waals surface area contributed by atoms with Gasteiger partial charge in [0.1, 0.15) is 4.47 Å². The van der Waals surface area contributed by atoms with Crippen molar-refractivity contribution >= 4 is 33.0 Å². The molecule has 2 heterocycles. The average Bonchev–Trinajstić information content (AvgIpc) is 2.89. The fraction of sp³-hybridized carbons (Fsp3) is 0.364. The topological polar surface area (TPSA) is 59.8 Å². The zero-order valence-electron chi connectivity index (χ0n) is 10.1. The number of thiazole rings is 1. The second-order valence-electron chi connectivity index (χ2n) is 3.95. The molecule has 7 heteroatoms. The summed E-state index contributed by atoms with van der Waals surface area (Å²) in [4.78, 5) is 15.9. The van der Waals surface area contributed by atoms with Gasteiger partial charge < -0.3 is 5.32 Å². The van der Waals surface area contributed by atoms with Crippen molar-refractivity contribution in [2.75, 3.05) is 11.9 Å². The molecule has 0 aliphatic carbocycles. The molecule has 1 unspecified atom stereocenters. The van der Waals surface area contributed by atoms with E-state index in [4.69, 9.17) is 0 Å². The van der Waals surface area contributed by atoms with E-state index in [2.05, 4.69) is 38.3 Å². The summed E-state index contributed by atoms with van der Waals surface area (Å²) >= 11 is 4.91. The van der Waals surface area contributed by atoms with Gasteiger partial charge in [-0.25, -0.2) is 9.67 Å². The van der Waals surface area contributed by atoms with Crippen LogP contribution in [-0.4, -0.2) is 21.3 Å². The third kappa shape index (κ3) is 2.78.